The zero-order valence-electron chi connectivity index (χ0n) is 19.6. The third-order valence-electron chi connectivity index (χ3n) is 6.68. The van der Waals surface area contributed by atoms with E-state index in [0.717, 1.165) is 35.7 Å². The highest BCUT2D eigenvalue weighted by atomic mass is 16.3. The van der Waals surface area contributed by atoms with Crippen molar-refractivity contribution in [2.45, 2.75) is 58.1 Å². The van der Waals surface area contributed by atoms with Crippen LogP contribution in [0.25, 0.3) is 0 Å². The van der Waals surface area contributed by atoms with Crippen molar-refractivity contribution in [3.63, 3.8) is 0 Å². The molecule has 2 aromatic rings. The van der Waals surface area contributed by atoms with E-state index < -0.39 is 6.10 Å². The number of anilines is 1. The topological polar surface area (TPSA) is 81.6 Å². The standard InChI is InChI=1S/C25H35N5O2/c1-16(2)26-14-20(19-7-5-17(3)6-8-19)25(32)30-11-9-29(10-12-30)24-22-18(4)13-21(31)23(22)27-15-28-24/h5-8,15-16,18,20-21,26,31H,9-14H2,1-4H3/t18-,20-,21-/m1/s1. The van der Waals surface area contributed by atoms with Crippen LogP contribution >= 0.6 is 0 Å². The van der Waals surface area contributed by atoms with E-state index in [0.29, 0.717) is 32.1 Å². The molecule has 1 aromatic carbocycles. The number of aromatic nitrogens is 2. The summed E-state index contributed by atoms with van der Waals surface area (Å²) in [7, 11) is 0. The number of hydrogen-bond donors (Lipinski definition) is 2. The molecule has 3 atom stereocenters. The third-order valence-corrected chi connectivity index (χ3v) is 6.68. The average molecular weight is 438 g/mol. The van der Waals surface area contributed by atoms with Crippen LogP contribution in [0.2, 0.25) is 0 Å². The minimum Gasteiger partial charge on any atom is -0.387 e. The molecule has 1 aliphatic carbocycles. The number of amides is 1. The molecule has 4 rings (SSSR count). The molecular weight excluding hydrogens is 402 g/mol. The van der Waals surface area contributed by atoms with Gasteiger partial charge in [0, 0.05) is 44.3 Å². The van der Waals surface area contributed by atoms with Gasteiger partial charge in [-0.15, -0.1) is 0 Å². The fourth-order valence-electron chi connectivity index (χ4n) is 4.81. The number of aliphatic hydroxyl groups is 1. The van der Waals surface area contributed by atoms with Gasteiger partial charge in [0.2, 0.25) is 5.91 Å². The lowest BCUT2D eigenvalue weighted by molar-refractivity contribution is -0.133. The van der Waals surface area contributed by atoms with Gasteiger partial charge in [-0.3, -0.25) is 4.79 Å². The van der Waals surface area contributed by atoms with Gasteiger partial charge in [0.15, 0.2) is 0 Å². The molecule has 1 saturated heterocycles. The molecule has 7 nitrogen and oxygen atoms in total. The second-order valence-corrected chi connectivity index (χ2v) is 9.49. The van der Waals surface area contributed by atoms with Crippen molar-refractivity contribution in [1.29, 1.82) is 0 Å². The Morgan fingerprint density at radius 2 is 1.84 bits per heavy atom. The van der Waals surface area contributed by atoms with Crippen molar-refractivity contribution in [1.82, 2.24) is 20.2 Å². The Morgan fingerprint density at radius 1 is 1.16 bits per heavy atom. The van der Waals surface area contributed by atoms with Crippen LogP contribution in [0.5, 0.6) is 0 Å². The Hall–Kier alpha value is -2.51. The summed E-state index contributed by atoms with van der Waals surface area (Å²) in [6.07, 6.45) is 1.74. The molecule has 172 valence electrons. The zero-order valence-corrected chi connectivity index (χ0v) is 19.6. The fourth-order valence-corrected chi connectivity index (χ4v) is 4.81. The Morgan fingerprint density at radius 3 is 2.50 bits per heavy atom. The van der Waals surface area contributed by atoms with Crippen LogP contribution in [0.3, 0.4) is 0 Å². The average Bonchev–Trinajstić information content (AvgIpc) is 3.08. The maximum atomic E-state index is 13.5. The van der Waals surface area contributed by atoms with Gasteiger partial charge in [0.1, 0.15) is 12.1 Å². The van der Waals surface area contributed by atoms with Crippen LogP contribution in [0.15, 0.2) is 30.6 Å². The summed E-state index contributed by atoms with van der Waals surface area (Å²) in [5, 5.41) is 13.7. The number of nitrogens with zero attached hydrogens (tertiary/aromatic N) is 4. The Kier molecular flexibility index (Phi) is 6.76. The summed E-state index contributed by atoms with van der Waals surface area (Å²) in [6.45, 7) is 11.8. The van der Waals surface area contributed by atoms with E-state index in [-0.39, 0.29) is 17.7 Å². The predicted molar refractivity (Wildman–Crippen MR) is 126 cm³/mol. The lowest BCUT2D eigenvalue weighted by Crippen LogP contribution is -2.51. The number of carbonyl (C=O) groups excluding carboxylic acids is 1. The Balaban J connectivity index is 1.47. The van der Waals surface area contributed by atoms with Crippen molar-refractivity contribution >= 4 is 11.7 Å². The zero-order chi connectivity index (χ0) is 22.8. The van der Waals surface area contributed by atoms with E-state index in [1.54, 1.807) is 6.33 Å². The number of hydrogen-bond acceptors (Lipinski definition) is 6. The van der Waals surface area contributed by atoms with Crippen molar-refractivity contribution < 1.29 is 9.90 Å². The molecule has 0 unspecified atom stereocenters. The fraction of sp³-hybridized carbons (Fsp3) is 0.560. The number of rotatable bonds is 6. The number of aryl methyl sites for hydroxylation is 1. The molecule has 7 heteroatoms. The molecule has 2 heterocycles. The normalized spacial score (nSPS) is 21.7. The van der Waals surface area contributed by atoms with E-state index >= 15 is 0 Å². The quantitative estimate of drug-likeness (QED) is 0.723. The first-order chi connectivity index (χ1) is 15.3. The van der Waals surface area contributed by atoms with E-state index in [1.165, 1.54) is 5.56 Å². The maximum Gasteiger partial charge on any atom is 0.231 e. The Labute approximate surface area is 190 Å². The first-order valence-corrected chi connectivity index (χ1v) is 11.7. The molecule has 2 N–H and O–H groups in total. The number of fused-ring (bicyclic) bond motifs is 1. The summed E-state index contributed by atoms with van der Waals surface area (Å²) in [4.78, 5) is 26.6. The lowest BCUT2D eigenvalue weighted by atomic mass is 9.95. The molecule has 0 radical (unpaired) electrons. The minimum atomic E-state index is -0.506. The summed E-state index contributed by atoms with van der Waals surface area (Å²) in [5.74, 6) is 1.15. The molecule has 1 aromatic heterocycles. The first kappa shape index (κ1) is 22.7. The van der Waals surface area contributed by atoms with Gasteiger partial charge in [-0.2, -0.15) is 0 Å². The van der Waals surface area contributed by atoms with Gasteiger partial charge in [0.25, 0.3) is 0 Å². The van der Waals surface area contributed by atoms with Crippen LogP contribution in [-0.4, -0.2) is 64.6 Å². The van der Waals surface area contributed by atoms with Gasteiger partial charge in [-0.05, 0) is 24.8 Å². The molecule has 0 spiro atoms. The summed E-state index contributed by atoms with van der Waals surface area (Å²) in [6, 6.07) is 8.63. The number of nitrogens with one attached hydrogen (secondary N) is 1. The van der Waals surface area contributed by atoms with Gasteiger partial charge in [-0.25, -0.2) is 9.97 Å². The monoisotopic (exact) mass is 437 g/mol. The number of aliphatic hydroxyl groups excluding tert-OH is 1. The van der Waals surface area contributed by atoms with E-state index in [9.17, 15) is 9.90 Å². The van der Waals surface area contributed by atoms with Crippen molar-refractivity contribution in [3.05, 3.63) is 53.0 Å². The maximum absolute atomic E-state index is 13.5. The van der Waals surface area contributed by atoms with Gasteiger partial charge in [-0.1, -0.05) is 50.6 Å². The minimum absolute atomic E-state index is 0.179. The van der Waals surface area contributed by atoms with Crippen molar-refractivity contribution in [3.8, 4) is 0 Å². The number of carbonyl (C=O) groups is 1. The first-order valence-electron chi connectivity index (χ1n) is 11.7. The second-order valence-electron chi connectivity index (χ2n) is 9.49. The predicted octanol–water partition coefficient (Wildman–Crippen LogP) is 2.76. The summed E-state index contributed by atoms with van der Waals surface area (Å²) in [5.41, 5.74) is 4.09. The van der Waals surface area contributed by atoms with Crippen LogP contribution in [0, 0.1) is 6.92 Å². The molecule has 0 saturated carbocycles. The second kappa shape index (κ2) is 9.55. The van der Waals surface area contributed by atoms with Gasteiger partial charge in [0.05, 0.1) is 17.7 Å². The van der Waals surface area contributed by atoms with Gasteiger partial charge < -0.3 is 20.2 Å². The highest BCUT2D eigenvalue weighted by molar-refractivity contribution is 5.84. The van der Waals surface area contributed by atoms with E-state index in [4.69, 9.17) is 0 Å². The van der Waals surface area contributed by atoms with Crippen LogP contribution < -0.4 is 10.2 Å². The molecule has 0 bridgehead atoms. The molecular formula is C25H35N5O2. The smallest absolute Gasteiger partial charge is 0.231 e. The highest BCUT2D eigenvalue weighted by Crippen LogP contribution is 2.42. The van der Waals surface area contributed by atoms with Crippen LogP contribution in [0.1, 0.15) is 67.5 Å². The van der Waals surface area contributed by atoms with Crippen LogP contribution in [-0.2, 0) is 4.79 Å². The molecule has 32 heavy (non-hydrogen) atoms. The Bertz CT molecular complexity index is 938. The molecule has 1 amide bonds. The SMILES string of the molecule is Cc1ccc([C@@H](CNC(C)C)C(=O)N2CCN(c3ncnc4c3[C@H](C)C[C@H]4O)CC2)cc1. The van der Waals surface area contributed by atoms with E-state index in [2.05, 4.69) is 72.1 Å². The van der Waals surface area contributed by atoms with Crippen LogP contribution in [0.4, 0.5) is 5.82 Å². The summed E-state index contributed by atoms with van der Waals surface area (Å²) >= 11 is 0. The summed E-state index contributed by atoms with van der Waals surface area (Å²) < 4.78 is 0. The van der Waals surface area contributed by atoms with Gasteiger partial charge >= 0.3 is 0 Å². The van der Waals surface area contributed by atoms with E-state index in [1.807, 2.05) is 4.90 Å². The number of piperazine rings is 1. The molecule has 1 fully saturated rings. The number of benzene rings is 1. The lowest BCUT2D eigenvalue weighted by Gasteiger charge is -2.38. The van der Waals surface area contributed by atoms with Crippen molar-refractivity contribution in [2.75, 3.05) is 37.6 Å². The largest absolute Gasteiger partial charge is 0.387 e. The molecule has 1 aliphatic heterocycles. The van der Waals surface area contributed by atoms with Crippen molar-refractivity contribution in [2.24, 2.45) is 0 Å². The highest BCUT2D eigenvalue weighted by Gasteiger charge is 2.35. The molecule has 2 aliphatic rings. The third kappa shape index (κ3) is 4.64.